The molecule has 2 aromatic rings. The highest BCUT2D eigenvalue weighted by molar-refractivity contribution is 5.85. The molecule has 4 heterocycles. The number of aliphatic hydroxyl groups is 1. The Bertz CT molecular complexity index is 818. The normalized spacial score (nSPS) is 24.5. The highest BCUT2D eigenvalue weighted by Gasteiger charge is 2.43. The molecule has 26 heavy (non-hydrogen) atoms. The molecule has 4 rings (SSSR count). The standard InChI is InChI=1S/C19H26N4O3/c1-14-3-5-23-16(15(2)20-17(23)11-14)12-21-6-8-22(9-7-21)18(24)19(25)4-10-26-13-19/h3,5,11,25H,4,6-10,12-13H2,1-2H3. The molecule has 0 bridgehead atoms. The van der Waals surface area contributed by atoms with Crippen molar-refractivity contribution in [1.29, 1.82) is 0 Å². The molecular formula is C19H26N4O3. The van der Waals surface area contributed by atoms with Crippen LogP contribution in [0.4, 0.5) is 0 Å². The number of hydrogen-bond acceptors (Lipinski definition) is 5. The van der Waals surface area contributed by atoms with Crippen LogP contribution < -0.4 is 0 Å². The molecule has 140 valence electrons. The number of amides is 1. The first kappa shape index (κ1) is 17.5. The van der Waals surface area contributed by atoms with Gasteiger partial charge in [-0.3, -0.25) is 9.69 Å². The zero-order valence-electron chi connectivity index (χ0n) is 15.4. The molecule has 1 N–H and O–H groups in total. The molecule has 0 spiro atoms. The number of carbonyl (C=O) groups excluding carboxylic acids is 1. The third-order valence-corrected chi connectivity index (χ3v) is 5.51. The molecule has 2 saturated heterocycles. The van der Waals surface area contributed by atoms with Crippen molar-refractivity contribution in [2.24, 2.45) is 0 Å². The van der Waals surface area contributed by atoms with Gasteiger partial charge in [0.2, 0.25) is 0 Å². The van der Waals surface area contributed by atoms with Crippen LogP contribution in [-0.2, 0) is 16.1 Å². The molecule has 0 aromatic carbocycles. The average molecular weight is 358 g/mol. The second-order valence-electron chi connectivity index (χ2n) is 7.48. The molecule has 7 heteroatoms. The van der Waals surface area contributed by atoms with E-state index in [1.165, 1.54) is 11.3 Å². The lowest BCUT2D eigenvalue weighted by Gasteiger charge is -2.37. The Labute approximate surface area is 153 Å². The van der Waals surface area contributed by atoms with Crippen LogP contribution in [0.1, 0.15) is 23.4 Å². The van der Waals surface area contributed by atoms with Gasteiger partial charge in [0.15, 0.2) is 5.60 Å². The van der Waals surface area contributed by atoms with Gasteiger partial charge in [0, 0.05) is 45.3 Å². The van der Waals surface area contributed by atoms with Gasteiger partial charge in [0.1, 0.15) is 5.65 Å². The molecule has 1 amide bonds. The van der Waals surface area contributed by atoms with Gasteiger partial charge in [-0.15, -0.1) is 0 Å². The van der Waals surface area contributed by atoms with Crippen LogP contribution in [0.5, 0.6) is 0 Å². The van der Waals surface area contributed by atoms with Gasteiger partial charge in [0.05, 0.1) is 24.6 Å². The lowest BCUT2D eigenvalue weighted by atomic mass is 10.0. The summed E-state index contributed by atoms with van der Waals surface area (Å²) in [7, 11) is 0. The Morgan fingerprint density at radius 1 is 1.31 bits per heavy atom. The van der Waals surface area contributed by atoms with E-state index < -0.39 is 5.60 Å². The molecular weight excluding hydrogens is 332 g/mol. The van der Waals surface area contributed by atoms with Crippen LogP contribution in [0.2, 0.25) is 0 Å². The summed E-state index contributed by atoms with van der Waals surface area (Å²) in [6, 6.07) is 4.19. The summed E-state index contributed by atoms with van der Waals surface area (Å²) in [5.74, 6) is -0.184. The SMILES string of the molecule is Cc1ccn2c(CN3CCN(C(=O)C4(O)CCOC4)CC3)c(C)nc2c1. The number of pyridine rings is 1. The van der Waals surface area contributed by atoms with Crippen molar-refractivity contribution in [3.05, 3.63) is 35.3 Å². The smallest absolute Gasteiger partial charge is 0.257 e. The minimum Gasteiger partial charge on any atom is -0.378 e. The van der Waals surface area contributed by atoms with Gasteiger partial charge in [-0.25, -0.2) is 4.98 Å². The molecule has 0 aliphatic carbocycles. The van der Waals surface area contributed by atoms with Crippen molar-refractivity contribution < 1.29 is 14.6 Å². The van der Waals surface area contributed by atoms with Crippen LogP contribution >= 0.6 is 0 Å². The van der Waals surface area contributed by atoms with Gasteiger partial charge < -0.3 is 19.1 Å². The van der Waals surface area contributed by atoms with Crippen LogP contribution in [0.3, 0.4) is 0 Å². The Kier molecular flexibility index (Phi) is 4.46. The van der Waals surface area contributed by atoms with Gasteiger partial charge in [-0.2, -0.15) is 0 Å². The van der Waals surface area contributed by atoms with Crippen LogP contribution in [0.25, 0.3) is 5.65 Å². The molecule has 0 radical (unpaired) electrons. The van der Waals surface area contributed by atoms with E-state index in [0.29, 0.717) is 26.1 Å². The summed E-state index contributed by atoms with van der Waals surface area (Å²) >= 11 is 0. The zero-order chi connectivity index (χ0) is 18.3. The topological polar surface area (TPSA) is 70.3 Å². The fraction of sp³-hybridized carbons (Fsp3) is 0.579. The number of hydrogen-bond donors (Lipinski definition) is 1. The summed E-state index contributed by atoms with van der Waals surface area (Å²) < 4.78 is 7.36. The second kappa shape index (κ2) is 6.64. The van der Waals surface area contributed by atoms with Crippen molar-refractivity contribution >= 4 is 11.6 Å². The van der Waals surface area contributed by atoms with Gasteiger partial charge in [-0.05, 0) is 31.5 Å². The predicted octanol–water partition coefficient (Wildman–Crippen LogP) is 0.747. The van der Waals surface area contributed by atoms with E-state index in [9.17, 15) is 9.90 Å². The third-order valence-electron chi connectivity index (χ3n) is 5.51. The Morgan fingerprint density at radius 2 is 2.08 bits per heavy atom. The molecule has 2 aliphatic heterocycles. The van der Waals surface area contributed by atoms with Gasteiger partial charge in [0.25, 0.3) is 5.91 Å². The molecule has 2 aromatic heterocycles. The molecule has 1 atom stereocenters. The van der Waals surface area contributed by atoms with Crippen molar-refractivity contribution in [2.75, 3.05) is 39.4 Å². The number of aryl methyl sites for hydroxylation is 2. The molecule has 2 aliphatic rings. The Morgan fingerprint density at radius 3 is 2.77 bits per heavy atom. The van der Waals surface area contributed by atoms with Crippen molar-refractivity contribution in [3.8, 4) is 0 Å². The molecule has 1 unspecified atom stereocenters. The largest absolute Gasteiger partial charge is 0.378 e. The zero-order valence-corrected chi connectivity index (χ0v) is 15.4. The third kappa shape index (κ3) is 3.11. The minimum atomic E-state index is -1.32. The van der Waals surface area contributed by atoms with E-state index in [4.69, 9.17) is 4.74 Å². The molecule has 0 saturated carbocycles. The number of aromatic nitrogens is 2. The van der Waals surface area contributed by atoms with E-state index in [-0.39, 0.29) is 12.5 Å². The van der Waals surface area contributed by atoms with Crippen molar-refractivity contribution in [2.45, 2.75) is 32.4 Å². The van der Waals surface area contributed by atoms with E-state index in [1.807, 2.05) is 6.92 Å². The van der Waals surface area contributed by atoms with Crippen molar-refractivity contribution in [3.63, 3.8) is 0 Å². The highest BCUT2D eigenvalue weighted by atomic mass is 16.5. The summed E-state index contributed by atoms with van der Waals surface area (Å²) in [5, 5.41) is 10.4. The maximum absolute atomic E-state index is 12.6. The maximum atomic E-state index is 12.6. The predicted molar refractivity (Wildman–Crippen MR) is 96.9 cm³/mol. The van der Waals surface area contributed by atoms with E-state index >= 15 is 0 Å². The summed E-state index contributed by atoms with van der Waals surface area (Å²) in [6.45, 7) is 8.36. The quantitative estimate of drug-likeness (QED) is 0.877. The number of piperazine rings is 1. The lowest BCUT2D eigenvalue weighted by Crippen LogP contribution is -2.56. The summed E-state index contributed by atoms with van der Waals surface area (Å²) in [5.41, 5.74) is 3.11. The Hall–Kier alpha value is -1.96. The van der Waals surface area contributed by atoms with Gasteiger partial charge >= 0.3 is 0 Å². The first-order chi connectivity index (χ1) is 12.5. The number of carbonyl (C=O) groups is 1. The van der Waals surface area contributed by atoms with Crippen LogP contribution in [0, 0.1) is 13.8 Å². The average Bonchev–Trinajstić information content (AvgIpc) is 3.19. The molecule has 2 fully saturated rings. The molecule has 7 nitrogen and oxygen atoms in total. The first-order valence-electron chi connectivity index (χ1n) is 9.22. The van der Waals surface area contributed by atoms with Crippen molar-refractivity contribution in [1.82, 2.24) is 19.2 Å². The lowest BCUT2D eigenvalue weighted by molar-refractivity contribution is -0.153. The van der Waals surface area contributed by atoms with E-state index in [0.717, 1.165) is 31.0 Å². The fourth-order valence-electron chi connectivity index (χ4n) is 3.84. The van der Waals surface area contributed by atoms with E-state index in [1.54, 1.807) is 4.90 Å². The summed E-state index contributed by atoms with van der Waals surface area (Å²) in [6.07, 6.45) is 2.47. The first-order valence-corrected chi connectivity index (χ1v) is 9.22. The number of ether oxygens (including phenoxy) is 1. The maximum Gasteiger partial charge on any atom is 0.257 e. The van der Waals surface area contributed by atoms with Gasteiger partial charge in [-0.1, -0.05) is 0 Å². The summed E-state index contributed by atoms with van der Waals surface area (Å²) in [4.78, 5) is 21.4. The number of imidazole rings is 1. The number of rotatable bonds is 3. The fourth-order valence-corrected chi connectivity index (χ4v) is 3.84. The highest BCUT2D eigenvalue weighted by Crippen LogP contribution is 2.23. The minimum absolute atomic E-state index is 0.118. The van der Waals surface area contributed by atoms with Crippen LogP contribution in [0.15, 0.2) is 18.3 Å². The number of fused-ring (bicyclic) bond motifs is 1. The number of nitrogens with zero attached hydrogens (tertiary/aromatic N) is 4. The van der Waals surface area contributed by atoms with E-state index in [2.05, 4.69) is 39.5 Å². The van der Waals surface area contributed by atoms with Crippen LogP contribution in [-0.4, -0.2) is 75.2 Å². The second-order valence-corrected chi connectivity index (χ2v) is 7.48. The monoisotopic (exact) mass is 358 g/mol. The Balaban J connectivity index is 1.41.